The third-order valence-electron chi connectivity index (χ3n) is 3.68. The molecular weight excluding hydrogens is 297 g/mol. The van der Waals surface area contributed by atoms with E-state index in [9.17, 15) is 0 Å². The number of anilines is 1. The van der Waals surface area contributed by atoms with Gasteiger partial charge in [0.15, 0.2) is 0 Å². The van der Waals surface area contributed by atoms with Gasteiger partial charge in [-0.1, -0.05) is 29.3 Å². The number of hydrogen-bond donors (Lipinski definition) is 1. The van der Waals surface area contributed by atoms with Crippen LogP contribution in [0.2, 0.25) is 9.36 Å². The SMILES string of the molecule is Cc1c(Cl)cccc1NC1CCCc2sc(Cl)cc21. The second-order valence-corrected chi connectivity index (χ2v) is 7.11. The first kappa shape index (κ1) is 13.3. The Hall–Kier alpha value is -0.700. The second kappa shape index (κ2) is 5.35. The Morgan fingerprint density at radius 1 is 1.32 bits per heavy atom. The van der Waals surface area contributed by atoms with Crippen LogP contribution >= 0.6 is 34.5 Å². The van der Waals surface area contributed by atoms with E-state index >= 15 is 0 Å². The molecule has 0 spiro atoms. The van der Waals surface area contributed by atoms with Gasteiger partial charge in [0.1, 0.15) is 0 Å². The maximum atomic E-state index is 6.18. The molecule has 4 heteroatoms. The molecule has 1 aromatic heterocycles. The Kier molecular flexibility index (Phi) is 3.75. The summed E-state index contributed by atoms with van der Waals surface area (Å²) in [5.41, 5.74) is 3.59. The van der Waals surface area contributed by atoms with Gasteiger partial charge in [0, 0.05) is 15.6 Å². The highest BCUT2D eigenvalue weighted by Crippen LogP contribution is 2.40. The minimum Gasteiger partial charge on any atom is -0.378 e. The van der Waals surface area contributed by atoms with Crippen molar-refractivity contribution < 1.29 is 0 Å². The van der Waals surface area contributed by atoms with Crippen molar-refractivity contribution in [2.24, 2.45) is 0 Å². The lowest BCUT2D eigenvalue weighted by Crippen LogP contribution is -2.16. The normalized spacial score (nSPS) is 18.2. The maximum Gasteiger partial charge on any atom is 0.0934 e. The molecule has 0 aliphatic heterocycles. The van der Waals surface area contributed by atoms with Crippen molar-refractivity contribution in [2.45, 2.75) is 32.2 Å². The Morgan fingerprint density at radius 3 is 3.00 bits per heavy atom. The highest BCUT2D eigenvalue weighted by molar-refractivity contribution is 7.16. The number of rotatable bonds is 2. The van der Waals surface area contributed by atoms with E-state index in [4.69, 9.17) is 23.2 Å². The monoisotopic (exact) mass is 311 g/mol. The van der Waals surface area contributed by atoms with Gasteiger partial charge in [0.2, 0.25) is 0 Å². The molecule has 1 atom stereocenters. The highest BCUT2D eigenvalue weighted by atomic mass is 35.5. The molecule has 0 fully saturated rings. The van der Waals surface area contributed by atoms with Gasteiger partial charge in [-0.3, -0.25) is 0 Å². The van der Waals surface area contributed by atoms with E-state index in [0.29, 0.717) is 6.04 Å². The Labute approximate surface area is 127 Å². The molecule has 100 valence electrons. The number of aryl methyl sites for hydroxylation is 1. The summed E-state index contributed by atoms with van der Waals surface area (Å²) < 4.78 is 0.890. The number of benzene rings is 1. The van der Waals surface area contributed by atoms with E-state index in [-0.39, 0.29) is 0 Å². The van der Waals surface area contributed by atoms with Crippen LogP contribution in [0.4, 0.5) is 5.69 Å². The summed E-state index contributed by atoms with van der Waals surface area (Å²) in [6, 6.07) is 8.46. The van der Waals surface area contributed by atoms with Crippen LogP contribution in [-0.2, 0) is 6.42 Å². The summed E-state index contributed by atoms with van der Waals surface area (Å²) in [5, 5.41) is 4.43. The second-order valence-electron chi connectivity index (χ2n) is 4.93. The van der Waals surface area contributed by atoms with Crippen molar-refractivity contribution in [3.05, 3.63) is 49.6 Å². The van der Waals surface area contributed by atoms with Gasteiger partial charge >= 0.3 is 0 Å². The summed E-state index contributed by atoms with van der Waals surface area (Å²) >= 11 is 14.0. The smallest absolute Gasteiger partial charge is 0.0934 e. The standard InChI is InChI=1S/C15H15Cl2NS/c1-9-11(16)4-2-5-12(9)18-13-6-3-7-14-10(13)8-15(17)19-14/h2,4-5,8,13,18H,3,6-7H2,1H3. The first-order chi connectivity index (χ1) is 9.15. The first-order valence-electron chi connectivity index (χ1n) is 6.45. The number of nitrogens with one attached hydrogen (secondary N) is 1. The zero-order valence-electron chi connectivity index (χ0n) is 10.7. The fourth-order valence-corrected chi connectivity index (χ4v) is 4.18. The molecule has 1 unspecified atom stereocenters. The van der Waals surface area contributed by atoms with Crippen LogP contribution in [0.15, 0.2) is 24.3 Å². The van der Waals surface area contributed by atoms with E-state index < -0.39 is 0 Å². The molecule has 1 aliphatic rings. The molecule has 0 radical (unpaired) electrons. The number of halogens is 2. The molecule has 0 saturated carbocycles. The van der Waals surface area contributed by atoms with Crippen molar-refractivity contribution in [3.8, 4) is 0 Å². The molecule has 0 amide bonds. The molecule has 1 heterocycles. The van der Waals surface area contributed by atoms with E-state index in [2.05, 4.69) is 24.4 Å². The van der Waals surface area contributed by atoms with Gasteiger partial charge in [-0.2, -0.15) is 0 Å². The van der Waals surface area contributed by atoms with Crippen LogP contribution in [0.25, 0.3) is 0 Å². The summed E-state index contributed by atoms with van der Waals surface area (Å²) in [5.74, 6) is 0. The quantitative estimate of drug-likeness (QED) is 0.733. The zero-order chi connectivity index (χ0) is 13.4. The molecule has 0 bridgehead atoms. The van der Waals surface area contributed by atoms with Crippen LogP contribution in [-0.4, -0.2) is 0 Å². The molecule has 1 aliphatic carbocycles. The van der Waals surface area contributed by atoms with E-state index in [1.54, 1.807) is 11.3 Å². The van der Waals surface area contributed by atoms with E-state index in [1.165, 1.54) is 16.9 Å². The lowest BCUT2D eigenvalue weighted by atomic mass is 9.93. The van der Waals surface area contributed by atoms with Gasteiger partial charge in [0.05, 0.1) is 10.4 Å². The maximum absolute atomic E-state index is 6.18. The largest absolute Gasteiger partial charge is 0.378 e. The topological polar surface area (TPSA) is 12.0 Å². The van der Waals surface area contributed by atoms with Crippen molar-refractivity contribution in [2.75, 3.05) is 5.32 Å². The predicted octanol–water partition coefficient (Wildman–Crippen LogP) is 5.85. The first-order valence-corrected chi connectivity index (χ1v) is 8.02. The molecule has 1 nitrogen and oxygen atoms in total. The van der Waals surface area contributed by atoms with Crippen molar-refractivity contribution in [1.29, 1.82) is 0 Å². The van der Waals surface area contributed by atoms with Gasteiger partial charge in [-0.25, -0.2) is 0 Å². The number of fused-ring (bicyclic) bond motifs is 1. The summed E-state index contributed by atoms with van der Waals surface area (Å²) in [7, 11) is 0. The average Bonchev–Trinajstić information content (AvgIpc) is 2.76. The molecule has 0 saturated heterocycles. The Bertz CT molecular complexity index is 606. The van der Waals surface area contributed by atoms with Crippen LogP contribution < -0.4 is 5.32 Å². The van der Waals surface area contributed by atoms with Crippen LogP contribution in [0, 0.1) is 6.92 Å². The van der Waals surface area contributed by atoms with Gasteiger partial charge in [-0.05, 0) is 55.5 Å². The molecule has 3 rings (SSSR count). The molecule has 1 aromatic carbocycles. The third kappa shape index (κ3) is 2.62. The summed E-state index contributed by atoms with van der Waals surface area (Å²) in [6.07, 6.45) is 3.51. The number of hydrogen-bond acceptors (Lipinski definition) is 2. The Morgan fingerprint density at radius 2 is 2.16 bits per heavy atom. The van der Waals surface area contributed by atoms with E-state index in [0.717, 1.165) is 33.5 Å². The lowest BCUT2D eigenvalue weighted by molar-refractivity contribution is 0.608. The van der Waals surface area contributed by atoms with Crippen LogP contribution in [0.1, 0.15) is 34.9 Å². The highest BCUT2D eigenvalue weighted by Gasteiger charge is 2.23. The fraction of sp³-hybridized carbons (Fsp3) is 0.333. The van der Waals surface area contributed by atoms with Crippen molar-refractivity contribution in [1.82, 2.24) is 0 Å². The minimum atomic E-state index is 0.352. The lowest BCUT2D eigenvalue weighted by Gasteiger charge is -2.25. The van der Waals surface area contributed by atoms with Crippen molar-refractivity contribution in [3.63, 3.8) is 0 Å². The molecule has 19 heavy (non-hydrogen) atoms. The summed E-state index contributed by atoms with van der Waals surface area (Å²) in [4.78, 5) is 1.42. The number of thiophene rings is 1. The predicted molar refractivity (Wildman–Crippen MR) is 84.8 cm³/mol. The summed E-state index contributed by atoms with van der Waals surface area (Å²) in [6.45, 7) is 2.05. The minimum absolute atomic E-state index is 0.352. The van der Waals surface area contributed by atoms with Crippen molar-refractivity contribution >= 4 is 40.2 Å². The van der Waals surface area contributed by atoms with Gasteiger partial charge in [-0.15, -0.1) is 11.3 Å². The molecule has 2 aromatic rings. The van der Waals surface area contributed by atoms with Crippen LogP contribution in [0.5, 0.6) is 0 Å². The van der Waals surface area contributed by atoms with E-state index in [1.807, 2.05) is 12.1 Å². The van der Waals surface area contributed by atoms with Gasteiger partial charge < -0.3 is 5.32 Å². The fourth-order valence-electron chi connectivity index (χ4n) is 2.62. The third-order valence-corrected chi connectivity index (χ3v) is 5.43. The van der Waals surface area contributed by atoms with Crippen LogP contribution in [0.3, 0.4) is 0 Å². The zero-order valence-corrected chi connectivity index (χ0v) is 13.0. The molecular formula is C15H15Cl2NS. The average molecular weight is 312 g/mol. The Balaban J connectivity index is 1.90. The molecule has 1 N–H and O–H groups in total. The van der Waals surface area contributed by atoms with Gasteiger partial charge in [0.25, 0.3) is 0 Å².